The molecule has 0 unspecified atom stereocenters. The quantitative estimate of drug-likeness (QED) is 0.562. The Morgan fingerprint density at radius 3 is 2.94 bits per heavy atom. The second kappa shape index (κ2) is 5.05. The summed E-state index contributed by atoms with van der Waals surface area (Å²) in [5.41, 5.74) is 1.66. The van der Waals surface area contributed by atoms with Crippen LogP contribution in [-0.4, -0.2) is 40.4 Å². The molecule has 86 valence electrons. The van der Waals surface area contributed by atoms with Gasteiger partial charge in [-0.2, -0.15) is 10.1 Å². The van der Waals surface area contributed by atoms with Gasteiger partial charge in [0.2, 0.25) is 6.08 Å². The van der Waals surface area contributed by atoms with Gasteiger partial charge in [0.15, 0.2) is 0 Å². The molecule has 1 aliphatic rings. The Morgan fingerprint density at radius 2 is 2.25 bits per heavy atom. The summed E-state index contributed by atoms with van der Waals surface area (Å²) in [7, 11) is 1.88. The molecule has 1 fully saturated rings. The maximum Gasteiger partial charge on any atom is 0.240 e. The van der Waals surface area contributed by atoms with E-state index in [1.54, 1.807) is 17.0 Å². The molecule has 2 rings (SSSR count). The average molecular weight is 220 g/mol. The summed E-state index contributed by atoms with van der Waals surface area (Å²) in [6.45, 7) is 3.38. The summed E-state index contributed by atoms with van der Waals surface area (Å²) >= 11 is 0. The summed E-state index contributed by atoms with van der Waals surface area (Å²) in [4.78, 5) is 16.4. The maximum atomic E-state index is 10.3. The van der Waals surface area contributed by atoms with Crippen LogP contribution in [0.3, 0.4) is 0 Å². The highest BCUT2D eigenvalue weighted by Gasteiger charge is 2.14. The van der Waals surface area contributed by atoms with E-state index in [2.05, 4.69) is 15.0 Å². The van der Waals surface area contributed by atoms with Crippen LogP contribution in [-0.2, 0) is 18.3 Å². The standard InChI is InChI=1S/C11H16N4O/c1-14-11(10(8-13-14)12-9-16)4-7-15-5-2-3-6-15/h8H,2-7H2,1H3. The van der Waals surface area contributed by atoms with Gasteiger partial charge in [0.1, 0.15) is 5.69 Å². The number of aliphatic imine (C=N–C) groups is 1. The number of likely N-dealkylation sites (tertiary alicyclic amines) is 1. The second-order valence-corrected chi connectivity index (χ2v) is 4.10. The van der Waals surface area contributed by atoms with Crippen molar-refractivity contribution in [2.24, 2.45) is 12.0 Å². The fourth-order valence-corrected chi connectivity index (χ4v) is 2.15. The third-order valence-corrected chi connectivity index (χ3v) is 3.07. The Bertz CT molecular complexity index is 400. The molecule has 1 aromatic rings. The Hall–Kier alpha value is -1.45. The minimum atomic E-state index is 0.650. The van der Waals surface area contributed by atoms with Crippen LogP contribution in [0.4, 0.5) is 5.69 Å². The molecular formula is C11H16N4O. The molecule has 16 heavy (non-hydrogen) atoms. The molecule has 0 radical (unpaired) electrons. The number of hydrogen-bond acceptors (Lipinski definition) is 4. The summed E-state index contributed by atoms with van der Waals surface area (Å²) in [6, 6.07) is 0. The van der Waals surface area contributed by atoms with E-state index in [-0.39, 0.29) is 0 Å². The minimum absolute atomic E-state index is 0.650. The molecule has 0 N–H and O–H groups in total. The molecule has 1 aliphatic heterocycles. The number of rotatable bonds is 4. The number of nitrogens with zero attached hydrogens (tertiary/aromatic N) is 4. The highest BCUT2D eigenvalue weighted by Crippen LogP contribution is 2.18. The smallest absolute Gasteiger partial charge is 0.240 e. The zero-order chi connectivity index (χ0) is 11.4. The van der Waals surface area contributed by atoms with Crippen LogP contribution in [0, 0.1) is 0 Å². The van der Waals surface area contributed by atoms with Crippen molar-refractivity contribution < 1.29 is 4.79 Å². The van der Waals surface area contributed by atoms with E-state index in [0.717, 1.165) is 18.7 Å². The Balaban J connectivity index is 2.01. The van der Waals surface area contributed by atoms with E-state index >= 15 is 0 Å². The van der Waals surface area contributed by atoms with Crippen LogP contribution in [0.2, 0.25) is 0 Å². The molecule has 5 heteroatoms. The first-order chi connectivity index (χ1) is 7.81. The summed E-state index contributed by atoms with van der Waals surface area (Å²) in [5.74, 6) is 0. The van der Waals surface area contributed by atoms with Crippen LogP contribution in [0.1, 0.15) is 18.5 Å². The lowest BCUT2D eigenvalue weighted by atomic mass is 10.2. The lowest BCUT2D eigenvalue weighted by Gasteiger charge is -2.14. The topological polar surface area (TPSA) is 50.5 Å². The molecule has 0 aliphatic carbocycles. The van der Waals surface area contributed by atoms with Crippen LogP contribution in [0.5, 0.6) is 0 Å². The number of aryl methyl sites for hydroxylation is 1. The summed E-state index contributed by atoms with van der Waals surface area (Å²) in [6.07, 6.45) is 6.67. The van der Waals surface area contributed by atoms with Gasteiger partial charge in [-0.3, -0.25) is 4.68 Å². The first-order valence-corrected chi connectivity index (χ1v) is 5.62. The highest BCUT2D eigenvalue weighted by atomic mass is 16.1. The van der Waals surface area contributed by atoms with Crippen molar-refractivity contribution in [3.05, 3.63) is 11.9 Å². The Labute approximate surface area is 94.8 Å². The Morgan fingerprint density at radius 1 is 1.50 bits per heavy atom. The van der Waals surface area contributed by atoms with Gasteiger partial charge >= 0.3 is 0 Å². The van der Waals surface area contributed by atoms with E-state index in [1.165, 1.54) is 25.9 Å². The lowest BCUT2D eigenvalue weighted by Crippen LogP contribution is -2.22. The SMILES string of the molecule is Cn1ncc(N=C=O)c1CCN1CCCC1. The summed E-state index contributed by atoms with van der Waals surface area (Å²) in [5, 5.41) is 4.11. The summed E-state index contributed by atoms with van der Waals surface area (Å²) < 4.78 is 1.78. The van der Waals surface area contributed by atoms with Crippen molar-refractivity contribution in [3.8, 4) is 0 Å². The molecule has 1 aromatic heterocycles. The number of carbonyl (C=O) groups excluding carboxylic acids is 1. The van der Waals surface area contributed by atoms with Gasteiger partial charge < -0.3 is 4.90 Å². The van der Waals surface area contributed by atoms with Crippen molar-refractivity contribution in [1.29, 1.82) is 0 Å². The highest BCUT2D eigenvalue weighted by molar-refractivity contribution is 5.50. The fraction of sp³-hybridized carbons (Fsp3) is 0.636. The number of hydrogen-bond donors (Lipinski definition) is 0. The van der Waals surface area contributed by atoms with Gasteiger partial charge in [0, 0.05) is 20.0 Å². The van der Waals surface area contributed by atoms with E-state index in [4.69, 9.17) is 0 Å². The molecule has 5 nitrogen and oxygen atoms in total. The van der Waals surface area contributed by atoms with Gasteiger partial charge in [-0.1, -0.05) is 0 Å². The maximum absolute atomic E-state index is 10.3. The molecule has 0 spiro atoms. The van der Waals surface area contributed by atoms with Crippen molar-refractivity contribution in [1.82, 2.24) is 14.7 Å². The zero-order valence-electron chi connectivity index (χ0n) is 9.52. The van der Waals surface area contributed by atoms with Crippen molar-refractivity contribution in [3.63, 3.8) is 0 Å². The van der Waals surface area contributed by atoms with Crippen LogP contribution in [0.15, 0.2) is 11.2 Å². The third-order valence-electron chi connectivity index (χ3n) is 3.07. The molecule has 2 heterocycles. The average Bonchev–Trinajstić information content (AvgIpc) is 2.88. The largest absolute Gasteiger partial charge is 0.303 e. The van der Waals surface area contributed by atoms with Crippen molar-refractivity contribution in [2.45, 2.75) is 19.3 Å². The van der Waals surface area contributed by atoms with Crippen molar-refractivity contribution in [2.75, 3.05) is 19.6 Å². The lowest BCUT2D eigenvalue weighted by molar-refractivity contribution is 0.340. The number of aromatic nitrogens is 2. The van der Waals surface area contributed by atoms with Crippen LogP contribution >= 0.6 is 0 Å². The van der Waals surface area contributed by atoms with E-state index < -0.39 is 0 Å². The zero-order valence-corrected chi connectivity index (χ0v) is 9.52. The first kappa shape index (κ1) is 11.0. The number of isocyanates is 1. The minimum Gasteiger partial charge on any atom is -0.303 e. The monoisotopic (exact) mass is 220 g/mol. The van der Waals surface area contributed by atoms with Gasteiger partial charge in [-0.25, -0.2) is 4.79 Å². The Kier molecular flexibility index (Phi) is 3.49. The van der Waals surface area contributed by atoms with E-state index in [9.17, 15) is 4.79 Å². The van der Waals surface area contributed by atoms with Gasteiger partial charge in [-0.15, -0.1) is 0 Å². The van der Waals surface area contributed by atoms with Gasteiger partial charge in [-0.05, 0) is 25.9 Å². The third kappa shape index (κ3) is 2.38. The van der Waals surface area contributed by atoms with E-state index in [0.29, 0.717) is 5.69 Å². The van der Waals surface area contributed by atoms with E-state index in [1.807, 2.05) is 7.05 Å². The molecule has 0 atom stereocenters. The second-order valence-electron chi connectivity index (χ2n) is 4.10. The molecule has 0 aromatic carbocycles. The van der Waals surface area contributed by atoms with Crippen molar-refractivity contribution >= 4 is 11.8 Å². The first-order valence-electron chi connectivity index (χ1n) is 5.62. The predicted octanol–water partition coefficient (Wildman–Crippen LogP) is 1.03. The van der Waals surface area contributed by atoms with Crippen LogP contribution < -0.4 is 0 Å². The van der Waals surface area contributed by atoms with Gasteiger partial charge in [0.05, 0.1) is 11.9 Å². The fourth-order valence-electron chi connectivity index (χ4n) is 2.15. The molecular weight excluding hydrogens is 204 g/mol. The van der Waals surface area contributed by atoms with Crippen LogP contribution in [0.25, 0.3) is 0 Å². The molecule has 0 bridgehead atoms. The molecule has 0 saturated carbocycles. The predicted molar refractivity (Wildman–Crippen MR) is 60.4 cm³/mol. The molecule has 1 saturated heterocycles. The normalized spacial score (nSPS) is 16.3. The van der Waals surface area contributed by atoms with Gasteiger partial charge in [0.25, 0.3) is 0 Å². The molecule has 0 amide bonds.